The normalized spacial score (nSPS) is 23.1. The highest BCUT2D eigenvalue weighted by atomic mass is 32.1. The standard InChI is InChI=1S/C17H20FN3OS.C7H9NO3/c1-11(12-5-3-2-4-6-12)21-16(22)17-20-10-15(23-17)13-7-14(18)9-19-8-13;9-4-8-2-1-6-7(8)5(10)3-11-6/h7-12H,2-6H2,1H3,(H,21,22);4,6-7H,1-3H2/t;6-,7-/m.1/s1. The summed E-state index contributed by atoms with van der Waals surface area (Å²) in [6.07, 6.45) is 12.0. The van der Waals surface area contributed by atoms with Crippen LogP contribution < -0.4 is 5.32 Å². The number of ketones is 1. The van der Waals surface area contributed by atoms with Crippen molar-refractivity contribution in [3.63, 3.8) is 0 Å². The fourth-order valence-corrected chi connectivity index (χ4v) is 5.63. The van der Waals surface area contributed by atoms with Crippen LogP contribution in [0.4, 0.5) is 4.39 Å². The fourth-order valence-electron chi connectivity index (χ4n) is 4.83. The van der Waals surface area contributed by atoms with Crippen LogP contribution in [0.25, 0.3) is 10.4 Å². The van der Waals surface area contributed by atoms with Gasteiger partial charge in [0.1, 0.15) is 18.5 Å². The molecule has 0 aromatic carbocycles. The molecular formula is C24H29FN4O4S. The number of carbonyl (C=O) groups is 3. The summed E-state index contributed by atoms with van der Waals surface area (Å²) in [4.78, 5) is 44.1. The molecule has 3 fully saturated rings. The highest BCUT2D eigenvalue weighted by Gasteiger charge is 2.44. The molecule has 0 radical (unpaired) electrons. The second kappa shape index (κ2) is 11.1. The molecule has 0 spiro atoms. The van der Waals surface area contributed by atoms with Crippen LogP contribution in [0, 0.1) is 11.7 Å². The number of fused-ring (bicyclic) bond motifs is 1. The molecule has 1 saturated carbocycles. The lowest BCUT2D eigenvalue weighted by Crippen LogP contribution is -2.38. The van der Waals surface area contributed by atoms with Gasteiger partial charge in [-0.1, -0.05) is 19.3 Å². The van der Waals surface area contributed by atoms with Gasteiger partial charge >= 0.3 is 0 Å². The Labute approximate surface area is 201 Å². The summed E-state index contributed by atoms with van der Waals surface area (Å²) in [5.74, 6) is 0.0515. The third-order valence-electron chi connectivity index (χ3n) is 6.69. The van der Waals surface area contributed by atoms with E-state index in [1.54, 1.807) is 12.4 Å². The van der Waals surface area contributed by atoms with Crippen LogP contribution in [0.2, 0.25) is 0 Å². The van der Waals surface area contributed by atoms with Gasteiger partial charge in [-0.05, 0) is 38.2 Å². The van der Waals surface area contributed by atoms with Gasteiger partial charge in [-0.25, -0.2) is 9.37 Å². The number of aromatic nitrogens is 2. The fraction of sp³-hybridized carbons (Fsp3) is 0.542. The number of rotatable bonds is 5. The van der Waals surface area contributed by atoms with Gasteiger partial charge < -0.3 is 15.0 Å². The maximum absolute atomic E-state index is 13.2. The molecule has 1 unspecified atom stereocenters. The number of nitrogens with one attached hydrogen (secondary N) is 1. The number of likely N-dealkylation sites (tertiary alicyclic amines) is 1. The van der Waals surface area contributed by atoms with Crippen molar-refractivity contribution in [2.24, 2.45) is 5.92 Å². The maximum Gasteiger partial charge on any atom is 0.280 e. The minimum absolute atomic E-state index is 0.0206. The second-order valence-corrected chi connectivity index (χ2v) is 10.0. The SMILES string of the molecule is CC(NC(=O)c1ncc(-c2cncc(F)c2)s1)C1CCCCC1.O=CN1CC[C@H]2OCC(=O)[C@H]21. The number of halogens is 1. The van der Waals surface area contributed by atoms with Crippen molar-refractivity contribution in [1.82, 2.24) is 20.2 Å². The number of nitrogens with zero attached hydrogens (tertiary/aromatic N) is 3. The third kappa shape index (κ3) is 5.67. The molecule has 3 atom stereocenters. The summed E-state index contributed by atoms with van der Waals surface area (Å²) in [6, 6.07) is 1.28. The Morgan fingerprint density at radius 3 is 2.79 bits per heavy atom. The molecule has 2 aromatic rings. The van der Waals surface area contributed by atoms with Crippen molar-refractivity contribution >= 4 is 29.4 Å². The largest absolute Gasteiger partial charge is 0.368 e. The summed E-state index contributed by atoms with van der Waals surface area (Å²) in [6.45, 7) is 2.91. The van der Waals surface area contributed by atoms with E-state index < -0.39 is 5.82 Å². The van der Waals surface area contributed by atoms with Crippen LogP contribution in [-0.4, -0.2) is 64.3 Å². The van der Waals surface area contributed by atoms with E-state index >= 15 is 0 Å². The Morgan fingerprint density at radius 1 is 1.26 bits per heavy atom. The van der Waals surface area contributed by atoms with Crippen LogP contribution in [0.5, 0.6) is 0 Å². The van der Waals surface area contributed by atoms with Crippen molar-refractivity contribution in [3.8, 4) is 10.4 Å². The van der Waals surface area contributed by atoms with Crippen molar-refractivity contribution in [2.45, 2.75) is 63.6 Å². The maximum atomic E-state index is 13.2. The van der Waals surface area contributed by atoms with E-state index in [2.05, 4.69) is 22.2 Å². The second-order valence-electron chi connectivity index (χ2n) is 8.97. The van der Waals surface area contributed by atoms with Gasteiger partial charge in [0.25, 0.3) is 5.91 Å². The average Bonchev–Trinajstić information content (AvgIpc) is 3.58. The molecule has 2 saturated heterocycles. The van der Waals surface area contributed by atoms with Gasteiger partial charge in [-0.2, -0.15) is 0 Å². The van der Waals surface area contributed by atoms with E-state index in [-0.39, 0.29) is 36.5 Å². The summed E-state index contributed by atoms with van der Waals surface area (Å²) < 4.78 is 18.4. The van der Waals surface area contributed by atoms with Crippen LogP contribution in [0.15, 0.2) is 24.7 Å². The van der Waals surface area contributed by atoms with E-state index in [9.17, 15) is 18.8 Å². The number of Topliss-reactive ketones (excluding diaryl/α,β-unsaturated/α-hetero) is 1. The van der Waals surface area contributed by atoms with Crippen LogP contribution in [0.1, 0.15) is 55.3 Å². The van der Waals surface area contributed by atoms with E-state index in [4.69, 9.17) is 4.74 Å². The van der Waals surface area contributed by atoms with Gasteiger partial charge in [0, 0.05) is 30.5 Å². The Bertz CT molecular complexity index is 1030. The molecule has 4 heterocycles. The zero-order valence-electron chi connectivity index (χ0n) is 19.1. The molecule has 10 heteroatoms. The summed E-state index contributed by atoms with van der Waals surface area (Å²) >= 11 is 1.26. The summed E-state index contributed by atoms with van der Waals surface area (Å²) in [5.41, 5.74) is 0.641. The van der Waals surface area contributed by atoms with Crippen molar-refractivity contribution in [2.75, 3.05) is 13.2 Å². The minimum Gasteiger partial charge on any atom is -0.368 e. The molecular weight excluding hydrogens is 459 g/mol. The molecule has 8 nitrogen and oxygen atoms in total. The van der Waals surface area contributed by atoms with Gasteiger partial charge in [0.15, 0.2) is 10.8 Å². The first-order valence-electron chi connectivity index (χ1n) is 11.7. The smallest absolute Gasteiger partial charge is 0.280 e. The number of hydrogen-bond acceptors (Lipinski definition) is 7. The van der Waals surface area contributed by atoms with Crippen LogP contribution in [-0.2, 0) is 14.3 Å². The van der Waals surface area contributed by atoms with Crippen molar-refractivity contribution in [3.05, 3.63) is 35.5 Å². The number of pyridine rings is 1. The van der Waals surface area contributed by atoms with E-state index in [0.717, 1.165) is 23.9 Å². The zero-order chi connectivity index (χ0) is 24.1. The Hall–Kier alpha value is -2.72. The van der Waals surface area contributed by atoms with E-state index in [0.29, 0.717) is 23.0 Å². The highest BCUT2D eigenvalue weighted by molar-refractivity contribution is 7.16. The number of hydrogen-bond donors (Lipinski definition) is 1. The highest BCUT2D eigenvalue weighted by Crippen LogP contribution is 2.28. The average molecular weight is 489 g/mol. The number of ether oxygens (including phenoxy) is 1. The van der Waals surface area contributed by atoms with E-state index in [1.165, 1.54) is 54.4 Å². The molecule has 5 rings (SSSR count). The molecule has 3 aliphatic rings. The Balaban J connectivity index is 0.000000207. The molecule has 2 aromatic heterocycles. The number of carbonyl (C=O) groups excluding carboxylic acids is 3. The van der Waals surface area contributed by atoms with Crippen molar-refractivity contribution in [1.29, 1.82) is 0 Å². The van der Waals surface area contributed by atoms with E-state index in [1.807, 2.05) is 0 Å². The minimum atomic E-state index is -0.396. The van der Waals surface area contributed by atoms with Crippen molar-refractivity contribution < 1.29 is 23.5 Å². The molecule has 1 aliphatic carbocycles. The first kappa shape index (κ1) is 24.4. The summed E-state index contributed by atoms with van der Waals surface area (Å²) in [7, 11) is 0. The Morgan fingerprint density at radius 2 is 2.06 bits per heavy atom. The monoisotopic (exact) mass is 488 g/mol. The topological polar surface area (TPSA) is 101 Å². The first-order chi connectivity index (χ1) is 16.5. The molecule has 1 N–H and O–H groups in total. The molecule has 34 heavy (non-hydrogen) atoms. The van der Waals surface area contributed by atoms with Gasteiger partial charge in [0.05, 0.1) is 17.2 Å². The molecule has 2 amide bonds. The predicted octanol–water partition coefficient (Wildman–Crippen LogP) is 3.23. The predicted molar refractivity (Wildman–Crippen MR) is 125 cm³/mol. The zero-order valence-corrected chi connectivity index (χ0v) is 19.9. The lowest BCUT2D eigenvalue weighted by Gasteiger charge is -2.27. The van der Waals surface area contributed by atoms with Crippen LogP contribution >= 0.6 is 11.3 Å². The molecule has 2 aliphatic heterocycles. The van der Waals surface area contributed by atoms with Gasteiger partial charge in [-0.3, -0.25) is 19.4 Å². The lowest BCUT2D eigenvalue weighted by atomic mass is 9.84. The Kier molecular flexibility index (Phi) is 7.99. The quantitative estimate of drug-likeness (QED) is 0.649. The van der Waals surface area contributed by atoms with Gasteiger partial charge in [-0.15, -0.1) is 11.3 Å². The molecule has 0 bridgehead atoms. The number of thiazole rings is 1. The number of amides is 2. The van der Waals surface area contributed by atoms with Gasteiger partial charge in [0.2, 0.25) is 6.41 Å². The lowest BCUT2D eigenvalue weighted by molar-refractivity contribution is -0.127. The summed E-state index contributed by atoms with van der Waals surface area (Å²) in [5, 5.41) is 3.47. The molecule has 182 valence electrons. The third-order valence-corrected chi connectivity index (χ3v) is 7.74. The first-order valence-corrected chi connectivity index (χ1v) is 12.5. The van der Waals surface area contributed by atoms with Crippen LogP contribution in [0.3, 0.4) is 0 Å².